The van der Waals surface area contributed by atoms with E-state index in [0.29, 0.717) is 16.7 Å². The number of hydrogen-bond donors (Lipinski definition) is 0. The number of hydrogen-bond acceptors (Lipinski definition) is 5. The number of rotatable bonds is 2. The van der Waals surface area contributed by atoms with Gasteiger partial charge in [-0.1, -0.05) is 33.9 Å². The molecule has 5 rings (SSSR count). The van der Waals surface area contributed by atoms with E-state index >= 15 is 0 Å². The van der Waals surface area contributed by atoms with Crippen molar-refractivity contribution in [2.75, 3.05) is 6.79 Å². The van der Waals surface area contributed by atoms with Gasteiger partial charge in [-0.25, -0.2) is 0 Å². The first-order chi connectivity index (χ1) is 12.7. The highest BCUT2D eigenvalue weighted by Gasteiger charge is 2.20. The van der Waals surface area contributed by atoms with Gasteiger partial charge in [-0.3, -0.25) is 4.57 Å². The number of pyridine rings is 1. The summed E-state index contributed by atoms with van der Waals surface area (Å²) in [6.45, 7) is 2.21. The Kier molecular flexibility index (Phi) is 3.29. The minimum Gasteiger partial charge on any atom is -0.454 e. The fourth-order valence-corrected chi connectivity index (χ4v) is 3.37. The van der Waals surface area contributed by atoms with Crippen LogP contribution in [0.4, 0.5) is 0 Å². The zero-order valence-corrected chi connectivity index (χ0v) is 14.4. The summed E-state index contributed by atoms with van der Waals surface area (Å²) in [5.74, 6) is 1.86. The van der Waals surface area contributed by atoms with Gasteiger partial charge in [0.1, 0.15) is 0 Å². The van der Waals surface area contributed by atoms with Gasteiger partial charge in [0.15, 0.2) is 11.5 Å². The van der Waals surface area contributed by atoms with E-state index in [1.165, 1.54) is 0 Å². The standard InChI is InChI=1S/C18H12ClN5O2/c1-10-6-12-7-15-16(26-9-25-15)8-14(12)17(11-2-4-13(19)5-3-11)24(10)18-20-22-23-21-18/h2-8H,9H2,1H3. The number of aromatic nitrogens is 5. The third-order valence-corrected chi connectivity index (χ3v) is 4.62. The lowest BCUT2D eigenvalue weighted by molar-refractivity contribution is -0.598. The van der Waals surface area contributed by atoms with E-state index in [9.17, 15) is 0 Å². The van der Waals surface area contributed by atoms with Crippen molar-refractivity contribution in [1.29, 1.82) is 0 Å². The fourth-order valence-electron chi connectivity index (χ4n) is 3.25. The Labute approximate surface area is 153 Å². The predicted octanol–water partition coefficient (Wildman–Crippen LogP) is 2.62. The molecule has 1 aliphatic rings. The van der Waals surface area contributed by atoms with E-state index in [1.807, 2.05) is 54.0 Å². The van der Waals surface area contributed by atoms with Crippen LogP contribution in [0.15, 0.2) is 42.5 Å². The molecule has 0 radical (unpaired) electrons. The maximum Gasteiger partial charge on any atom is 0.277 e. The molecule has 0 N–H and O–H groups in total. The number of ether oxygens (including phenoxy) is 2. The number of fused-ring (bicyclic) bond motifs is 2. The van der Waals surface area contributed by atoms with Crippen LogP contribution in [-0.2, 0) is 0 Å². The van der Waals surface area contributed by atoms with Crippen molar-refractivity contribution in [3.05, 3.63) is 53.2 Å². The molecule has 2 aromatic carbocycles. The van der Waals surface area contributed by atoms with Crippen LogP contribution in [0.3, 0.4) is 0 Å². The molecule has 0 spiro atoms. The first-order valence-electron chi connectivity index (χ1n) is 7.95. The molecule has 4 aromatic rings. The summed E-state index contributed by atoms with van der Waals surface area (Å²) < 4.78 is 13.0. The normalized spacial score (nSPS) is 12.7. The molecule has 0 unspecified atom stereocenters. The van der Waals surface area contributed by atoms with E-state index in [-0.39, 0.29) is 6.79 Å². The van der Waals surface area contributed by atoms with Crippen LogP contribution in [0.1, 0.15) is 5.69 Å². The molecule has 7 nitrogen and oxygen atoms in total. The number of tetrazole rings is 1. The molecule has 0 saturated heterocycles. The van der Waals surface area contributed by atoms with Crippen molar-refractivity contribution < 1.29 is 14.0 Å². The smallest absolute Gasteiger partial charge is 0.277 e. The quantitative estimate of drug-likeness (QED) is 0.508. The summed E-state index contributed by atoms with van der Waals surface area (Å²) >= 11 is 6.08. The van der Waals surface area contributed by atoms with Crippen LogP contribution in [0, 0.1) is 6.92 Å². The Morgan fingerprint density at radius 1 is 1.08 bits per heavy atom. The van der Waals surface area contributed by atoms with Gasteiger partial charge in [0.2, 0.25) is 6.79 Å². The maximum absolute atomic E-state index is 6.08. The van der Waals surface area contributed by atoms with Crippen molar-refractivity contribution >= 4 is 22.4 Å². The summed E-state index contributed by atoms with van der Waals surface area (Å²) in [6, 6.07) is 13.6. The Hall–Kier alpha value is -3.19. The molecule has 8 heteroatoms. The van der Waals surface area contributed by atoms with Crippen molar-refractivity contribution in [1.82, 2.24) is 20.6 Å². The summed E-state index contributed by atoms with van der Waals surface area (Å²) in [5, 5.41) is 18.0. The Morgan fingerprint density at radius 3 is 2.58 bits per heavy atom. The minimum absolute atomic E-state index is 0.223. The molecular formula is C18H12ClN5O2. The Bertz CT molecular complexity index is 1130. The first kappa shape index (κ1) is 15.1. The largest absolute Gasteiger partial charge is 0.454 e. The second kappa shape index (κ2) is 5.67. The van der Waals surface area contributed by atoms with Crippen molar-refractivity contribution in [3.8, 4) is 28.7 Å². The van der Waals surface area contributed by atoms with E-state index < -0.39 is 0 Å². The van der Waals surface area contributed by atoms with Crippen LogP contribution >= 0.6 is 11.6 Å². The van der Waals surface area contributed by atoms with Gasteiger partial charge in [0.25, 0.3) is 5.95 Å². The lowest BCUT2D eigenvalue weighted by Crippen LogP contribution is -2.39. The topological polar surface area (TPSA) is 75.1 Å². The van der Waals surface area contributed by atoms with E-state index in [4.69, 9.17) is 21.1 Å². The second-order valence-electron chi connectivity index (χ2n) is 5.95. The number of aryl methyl sites for hydroxylation is 1. The zero-order chi connectivity index (χ0) is 17.7. The van der Waals surface area contributed by atoms with Gasteiger partial charge in [-0.15, -0.1) is 0 Å². The minimum atomic E-state index is 0.223. The molecular weight excluding hydrogens is 354 g/mol. The van der Waals surface area contributed by atoms with Crippen LogP contribution in [0.25, 0.3) is 28.0 Å². The highest BCUT2D eigenvalue weighted by atomic mass is 35.5. The molecule has 1 aliphatic heterocycles. The lowest BCUT2D eigenvalue weighted by Gasteiger charge is -2.17. The van der Waals surface area contributed by atoms with Crippen LogP contribution in [0.2, 0.25) is 5.02 Å². The Balaban J connectivity index is 1.90. The highest BCUT2D eigenvalue weighted by molar-refractivity contribution is 6.30. The molecule has 0 atom stereocenters. The third-order valence-electron chi connectivity index (χ3n) is 4.37. The molecule has 3 heterocycles. The van der Waals surface area contributed by atoms with Crippen molar-refractivity contribution in [2.24, 2.45) is 0 Å². The van der Waals surface area contributed by atoms with E-state index in [2.05, 4.69) is 20.6 Å². The molecule has 2 aromatic heterocycles. The molecule has 26 heavy (non-hydrogen) atoms. The average Bonchev–Trinajstić information content (AvgIpc) is 3.31. The first-order valence-corrected chi connectivity index (χ1v) is 8.32. The molecule has 128 valence electrons. The predicted molar refractivity (Wildman–Crippen MR) is 93.5 cm³/mol. The van der Waals surface area contributed by atoms with Gasteiger partial charge >= 0.3 is 0 Å². The SMILES string of the molecule is Cc1cc2cc3c(cc2c(-c2ccc(Cl)cc2)[n+]1-c1nnn[n-]1)OCO3. The number of benzene rings is 2. The van der Waals surface area contributed by atoms with Crippen molar-refractivity contribution in [3.63, 3.8) is 0 Å². The monoisotopic (exact) mass is 365 g/mol. The summed E-state index contributed by atoms with van der Waals surface area (Å²) in [4.78, 5) is 0. The summed E-state index contributed by atoms with van der Waals surface area (Å²) in [5.41, 5.74) is 2.81. The molecule has 0 saturated carbocycles. The fraction of sp³-hybridized carbons (Fsp3) is 0.111. The van der Waals surface area contributed by atoms with Gasteiger partial charge in [-0.05, 0) is 58.6 Å². The summed E-state index contributed by atoms with van der Waals surface area (Å²) in [7, 11) is 0. The van der Waals surface area contributed by atoms with Gasteiger partial charge < -0.3 is 9.47 Å². The molecule has 0 bridgehead atoms. The van der Waals surface area contributed by atoms with Crippen LogP contribution in [0.5, 0.6) is 11.5 Å². The van der Waals surface area contributed by atoms with Crippen molar-refractivity contribution in [2.45, 2.75) is 6.92 Å². The van der Waals surface area contributed by atoms with Crippen LogP contribution < -0.4 is 19.1 Å². The van der Waals surface area contributed by atoms with Gasteiger partial charge in [0, 0.05) is 16.1 Å². The maximum atomic E-state index is 6.08. The van der Waals surface area contributed by atoms with Gasteiger partial charge in [0.05, 0.1) is 5.69 Å². The zero-order valence-electron chi connectivity index (χ0n) is 13.7. The number of nitrogens with zero attached hydrogens (tertiary/aromatic N) is 5. The summed E-state index contributed by atoms with van der Waals surface area (Å²) in [6.07, 6.45) is 0. The molecule has 0 fully saturated rings. The average molecular weight is 366 g/mol. The highest BCUT2D eigenvalue weighted by Crippen LogP contribution is 2.39. The lowest BCUT2D eigenvalue weighted by atomic mass is 10.0. The molecule has 0 amide bonds. The number of halogens is 1. The van der Waals surface area contributed by atoms with Crippen LogP contribution in [-0.4, -0.2) is 22.3 Å². The van der Waals surface area contributed by atoms with Gasteiger partial charge in [-0.2, -0.15) is 0 Å². The Morgan fingerprint density at radius 2 is 1.85 bits per heavy atom. The van der Waals surface area contributed by atoms with E-state index in [0.717, 1.165) is 33.5 Å². The third kappa shape index (κ3) is 2.28. The molecule has 0 aliphatic carbocycles. The second-order valence-corrected chi connectivity index (χ2v) is 6.38. The van der Waals surface area contributed by atoms with E-state index in [1.54, 1.807) is 0 Å².